The molecule has 0 fully saturated rings. The van der Waals surface area contributed by atoms with Gasteiger partial charge in [-0.2, -0.15) is 12.1 Å². The molecule has 74 heavy (non-hydrogen) atoms. The number of anilines is 4. The molecule has 11 rings (SSSR count). The number of pyridine rings is 1. The third-order valence-corrected chi connectivity index (χ3v) is 13.7. The maximum absolute atomic E-state index is 9.00. The van der Waals surface area contributed by atoms with E-state index in [1.165, 1.54) is 34.0 Å². The fraction of sp³-hybridized carbons (Fsp3) is 0.206. The molecular weight excluding hydrogens is 1080 g/mol. The van der Waals surface area contributed by atoms with Crippen LogP contribution in [0.15, 0.2) is 176 Å². The number of benzene rings is 8. The van der Waals surface area contributed by atoms with Crippen molar-refractivity contribution >= 4 is 44.6 Å². The minimum absolute atomic E-state index is 0. The zero-order valence-corrected chi connectivity index (χ0v) is 45.3. The van der Waals surface area contributed by atoms with Gasteiger partial charge in [0.15, 0.2) is 0 Å². The van der Waals surface area contributed by atoms with Gasteiger partial charge in [-0.1, -0.05) is 165 Å². The molecule has 374 valence electrons. The molecule has 0 spiro atoms. The molecule has 0 atom stereocenters. The predicted octanol–water partition coefficient (Wildman–Crippen LogP) is 18.5. The van der Waals surface area contributed by atoms with Crippen LogP contribution in [-0.4, -0.2) is 9.55 Å². The number of nitrogens with zero attached hydrogens (tertiary/aromatic N) is 4. The number of hydrogen-bond acceptors (Lipinski definition) is 4. The van der Waals surface area contributed by atoms with E-state index in [1.54, 1.807) is 24.3 Å². The fourth-order valence-electron chi connectivity index (χ4n) is 9.67. The Morgan fingerprint density at radius 1 is 0.541 bits per heavy atom. The van der Waals surface area contributed by atoms with Crippen molar-refractivity contribution in [3.8, 4) is 50.7 Å². The molecule has 1 aliphatic heterocycles. The summed E-state index contributed by atoms with van der Waals surface area (Å²) in [7, 11) is 0. The van der Waals surface area contributed by atoms with Crippen molar-refractivity contribution in [2.45, 2.75) is 92.3 Å². The van der Waals surface area contributed by atoms with Crippen LogP contribution in [0.4, 0.5) is 22.7 Å². The van der Waals surface area contributed by atoms with Gasteiger partial charge >= 0.3 is 0 Å². The van der Waals surface area contributed by atoms with Crippen LogP contribution in [0.3, 0.4) is 0 Å². The molecule has 0 amide bonds. The summed E-state index contributed by atoms with van der Waals surface area (Å²) in [5.41, 5.74) is 12.4. The average molecular weight is 1160 g/mol. The average Bonchev–Trinajstić information content (AvgIpc) is 1.84. The maximum Gasteiger partial charge on any atom is 0.135 e. The summed E-state index contributed by atoms with van der Waals surface area (Å²) < 4.78 is 94.0. The van der Waals surface area contributed by atoms with Crippen molar-refractivity contribution in [3.05, 3.63) is 223 Å². The van der Waals surface area contributed by atoms with Crippen molar-refractivity contribution in [3.63, 3.8) is 0 Å². The molecule has 0 aliphatic carbocycles. The first kappa shape index (κ1) is 39.3. The van der Waals surface area contributed by atoms with Crippen molar-refractivity contribution in [1.29, 1.82) is 0 Å². The van der Waals surface area contributed by atoms with Gasteiger partial charge in [0, 0.05) is 80.7 Å². The minimum Gasteiger partial charge on any atom is -0.509 e. The summed E-state index contributed by atoms with van der Waals surface area (Å²) in [4.78, 5) is 8.64. The van der Waals surface area contributed by atoms with Crippen LogP contribution in [0, 0.1) is 32.5 Å². The monoisotopic (exact) mass is 1160 g/mol. The minimum atomic E-state index is -2.48. The van der Waals surface area contributed by atoms with Gasteiger partial charge in [0.25, 0.3) is 0 Å². The fourth-order valence-corrected chi connectivity index (χ4v) is 9.67. The van der Waals surface area contributed by atoms with E-state index in [0.717, 1.165) is 56.0 Å². The Hall–Kier alpha value is -7.20. The smallest absolute Gasteiger partial charge is 0.135 e. The molecule has 0 saturated carbocycles. The number of rotatable bonds is 8. The van der Waals surface area contributed by atoms with E-state index in [1.807, 2.05) is 54.0 Å². The second-order valence-corrected chi connectivity index (χ2v) is 22.0. The van der Waals surface area contributed by atoms with Crippen LogP contribution in [0.5, 0.6) is 11.5 Å². The summed E-state index contributed by atoms with van der Waals surface area (Å²) in [5.74, 6) is 0.684. The van der Waals surface area contributed by atoms with E-state index < -0.39 is 25.8 Å². The number of hydrogen-bond donors (Lipinski definition) is 0. The molecule has 1 aliphatic rings. The first-order valence-electron chi connectivity index (χ1n) is 29.7. The van der Waals surface area contributed by atoms with Crippen LogP contribution in [0.2, 0.25) is 0 Å². The van der Waals surface area contributed by atoms with Crippen molar-refractivity contribution < 1.29 is 39.5 Å². The van der Waals surface area contributed by atoms with Gasteiger partial charge in [-0.15, -0.1) is 48.1 Å². The number of para-hydroxylation sites is 3. The quantitative estimate of drug-likeness (QED) is 0.142. The van der Waals surface area contributed by atoms with E-state index in [9.17, 15) is 0 Å². The zero-order valence-electron chi connectivity index (χ0n) is 53.0. The van der Waals surface area contributed by atoms with Crippen LogP contribution < -0.4 is 14.5 Å². The number of aryl methyl sites for hydroxylation is 2. The first-order chi connectivity index (χ1) is 38.9. The number of aromatic nitrogens is 2. The molecule has 3 heterocycles. The Morgan fingerprint density at radius 3 is 1.80 bits per heavy atom. The van der Waals surface area contributed by atoms with E-state index in [2.05, 4.69) is 151 Å². The SMILES string of the molecule is [2H]c1c([2H])c([2H])c2c(c1[2H])c1ccc(Oc3[c-]c(N4[CH-]N(c5c(-c6ccc(-c7cc(C(C)(C)C)cc(C(C)(C)C)c7)cc6)cc(C([2H])([2H])[2H])cc5-c5ccc(C(C)(C)C)cc5)c5ccccc54)ccc3)[c-]c1n2-c1cc(C([2H])([2H])[2H])ccn1.[Pt]. The predicted molar refractivity (Wildman–Crippen MR) is 306 cm³/mol. The summed E-state index contributed by atoms with van der Waals surface area (Å²) in [6, 6.07) is 52.4. The second-order valence-electron chi connectivity index (χ2n) is 22.0. The molecule has 6 heteroatoms. The molecule has 0 radical (unpaired) electrons. The van der Waals surface area contributed by atoms with Gasteiger partial charge in [-0.25, -0.2) is 4.98 Å². The zero-order chi connectivity index (χ0) is 59.5. The molecule has 2 aromatic heterocycles. The third-order valence-electron chi connectivity index (χ3n) is 13.7. The molecule has 0 N–H and O–H groups in total. The van der Waals surface area contributed by atoms with Crippen LogP contribution in [0.25, 0.3) is 61.0 Å². The summed E-state index contributed by atoms with van der Waals surface area (Å²) in [5, 5.41) is 0.667. The van der Waals surface area contributed by atoms with Crippen molar-refractivity contribution in [2.24, 2.45) is 0 Å². The van der Waals surface area contributed by atoms with Gasteiger partial charge in [0.2, 0.25) is 0 Å². The normalized spacial score (nSPS) is 15.1. The van der Waals surface area contributed by atoms with Crippen LogP contribution in [0.1, 0.15) is 104 Å². The largest absolute Gasteiger partial charge is 0.509 e. The van der Waals surface area contributed by atoms with E-state index in [0.29, 0.717) is 22.3 Å². The van der Waals surface area contributed by atoms with Gasteiger partial charge < -0.3 is 19.1 Å². The Kier molecular flexibility index (Phi) is 10.2. The summed E-state index contributed by atoms with van der Waals surface area (Å²) in [6.07, 6.45) is 1.36. The van der Waals surface area contributed by atoms with Gasteiger partial charge in [-0.3, -0.25) is 0 Å². The Labute approximate surface area is 466 Å². The Morgan fingerprint density at radius 2 is 1.15 bits per heavy atom. The molecule has 10 aromatic rings. The van der Waals surface area contributed by atoms with Gasteiger partial charge in [0.05, 0.1) is 5.48 Å². The van der Waals surface area contributed by atoms with Crippen LogP contribution in [-0.2, 0) is 37.3 Å². The van der Waals surface area contributed by atoms with Gasteiger partial charge in [-0.05, 0) is 128 Å². The van der Waals surface area contributed by atoms with E-state index >= 15 is 0 Å². The number of fused-ring (bicyclic) bond motifs is 4. The van der Waals surface area contributed by atoms with Crippen molar-refractivity contribution in [1.82, 2.24) is 9.55 Å². The topological polar surface area (TPSA) is 33.5 Å². The van der Waals surface area contributed by atoms with Gasteiger partial charge in [0.1, 0.15) is 5.82 Å². The van der Waals surface area contributed by atoms with E-state index in [-0.39, 0.29) is 83.0 Å². The van der Waals surface area contributed by atoms with Crippen molar-refractivity contribution in [2.75, 3.05) is 9.80 Å². The Bertz CT molecular complexity index is 4160. The molecule has 5 nitrogen and oxygen atoms in total. The molecule has 0 bridgehead atoms. The molecule has 0 unspecified atom stereocenters. The van der Waals surface area contributed by atoms with Crippen LogP contribution >= 0.6 is 0 Å². The summed E-state index contributed by atoms with van der Waals surface area (Å²) in [6.45, 7) is 17.0. The summed E-state index contributed by atoms with van der Waals surface area (Å²) >= 11 is 0. The molecule has 8 aromatic carbocycles. The molecular formula is C68H63N4OPt-3. The third kappa shape index (κ3) is 9.59. The Balaban J connectivity index is 0.00000786. The maximum atomic E-state index is 9.00. The first-order valence-corrected chi connectivity index (χ1v) is 24.7. The van der Waals surface area contributed by atoms with E-state index in [4.69, 9.17) is 18.4 Å². The second kappa shape index (κ2) is 19.3. The standard InChI is InChI=1S/C68H63N4O.Pt/c1-44-33-34-69-64(37-44)72-60-20-13-12-19-56(60)57-32-31-55(42-63(57)72)73-54-18-16-17-53(41-54)70-43-71(62-22-15-14-21-61(62)70)65-58(35-45(2)36-59(65)48-27-29-50(30-28-48)66(3,4)5)47-25-23-46(24-26-47)49-38-51(67(6,7)8)40-52(39-49)68(9,10)11;/h12-40,43H,1-11H3;/q-3;/i1D3,2D3,12D,13D,19D,20D;. The molecule has 0 saturated heterocycles. The number of ether oxygens (including phenoxy) is 1.